The van der Waals surface area contributed by atoms with E-state index in [1.165, 1.54) is 13.2 Å². The van der Waals surface area contributed by atoms with Gasteiger partial charge in [0.2, 0.25) is 0 Å². The summed E-state index contributed by atoms with van der Waals surface area (Å²) in [6, 6.07) is 4.93. The van der Waals surface area contributed by atoms with Crippen LogP contribution in [0.5, 0.6) is 5.75 Å². The number of ether oxygens (including phenoxy) is 1. The van der Waals surface area contributed by atoms with E-state index in [9.17, 15) is 0 Å². The molecule has 0 aromatic carbocycles. The van der Waals surface area contributed by atoms with Gasteiger partial charge in [0, 0.05) is 12.1 Å². The summed E-state index contributed by atoms with van der Waals surface area (Å²) in [5.41, 5.74) is 0.259. The van der Waals surface area contributed by atoms with Crippen molar-refractivity contribution in [2.45, 2.75) is 0 Å². The lowest BCUT2D eigenvalue weighted by atomic mass is 10.3. The Morgan fingerprint density at radius 1 is 1.64 bits per heavy atom. The number of halogens is 1. The van der Waals surface area contributed by atoms with Crippen molar-refractivity contribution in [3.63, 3.8) is 0 Å². The normalized spacial score (nSPS) is 8.82. The first-order valence-corrected chi connectivity index (χ1v) is 3.25. The third-order valence-electron chi connectivity index (χ3n) is 1.12. The quantitative estimate of drug-likeness (QED) is 0.599. The lowest BCUT2D eigenvalue weighted by Gasteiger charge is -1.98. The van der Waals surface area contributed by atoms with Crippen molar-refractivity contribution in [1.29, 1.82) is 5.26 Å². The molecule has 0 amide bonds. The molecule has 0 aliphatic heterocycles. The van der Waals surface area contributed by atoms with E-state index in [0.717, 1.165) is 0 Å². The van der Waals surface area contributed by atoms with Gasteiger partial charge in [0.25, 0.3) is 0 Å². The Hall–Kier alpha value is -1.27. The minimum atomic E-state index is 0.259. The maximum Gasteiger partial charge on any atom is 0.145 e. The number of rotatable bonds is 1. The van der Waals surface area contributed by atoms with Crippen LogP contribution < -0.4 is 4.74 Å². The van der Waals surface area contributed by atoms with E-state index in [1.807, 2.05) is 6.07 Å². The molecule has 0 atom stereocenters. The van der Waals surface area contributed by atoms with Crippen LogP contribution in [0.4, 0.5) is 0 Å². The van der Waals surface area contributed by atoms with Gasteiger partial charge in [-0.25, -0.2) is 4.98 Å². The molecule has 56 valence electrons. The van der Waals surface area contributed by atoms with Gasteiger partial charge in [0.15, 0.2) is 0 Å². The zero-order valence-corrected chi connectivity index (χ0v) is 6.59. The summed E-state index contributed by atoms with van der Waals surface area (Å²) in [6.45, 7) is 0. The Morgan fingerprint density at radius 2 is 2.36 bits per heavy atom. The summed E-state index contributed by atoms with van der Waals surface area (Å²) < 4.78 is 4.86. The van der Waals surface area contributed by atoms with E-state index in [1.54, 1.807) is 6.07 Å². The number of nitrogens with zero attached hydrogens (tertiary/aromatic N) is 2. The van der Waals surface area contributed by atoms with E-state index in [4.69, 9.17) is 21.6 Å². The second-order valence-corrected chi connectivity index (χ2v) is 2.21. The monoisotopic (exact) mass is 168 g/mol. The van der Waals surface area contributed by atoms with Crippen molar-refractivity contribution in [3.05, 3.63) is 23.0 Å². The zero-order valence-electron chi connectivity index (χ0n) is 5.84. The van der Waals surface area contributed by atoms with Gasteiger partial charge in [-0.05, 0) is 0 Å². The fourth-order valence-electron chi connectivity index (χ4n) is 0.649. The highest BCUT2D eigenvalue weighted by atomic mass is 35.5. The summed E-state index contributed by atoms with van der Waals surface area (Å²) in [5, 5.41) is 8.72. The van der Waals surface area contributed by atoms with Crippen LogP contribution >= 0.6 is 11.6 Å². The Labute approximate surface area is 69.2 Å². The smallest absolute Gasteiger partial charge is 0.145 e. The van der Waals surface area contributed by atoms with Crippen molar-refractivity contribution < 1.29 is 4.74 Å². The summed E-state index contributed by atoms with van der Waals surface area (Å²) in [4.78, 5) is 3.72. The maximum absolute atomic E-state index is 8.46. The first kappa shape index (κ1) is 7.83. The Morgan fingerprint density at radius 3 is 2.91 bits per heavy atom. The number of hydrogen-bond donors (Lipinski definition) is 0. The molecule has 1 aromatic heterocycles. The first-order chi connectivity index (χ1) is 5.26. The van der Waals surface area contributed by atoms with E-state index in [0.29, 0.717) is 5.75 Å². The molecule has 4 heteroatoms. The highest BCUT2D eigenvalue weighted by Crippen LogP contribution is 2.16. The van der Waals surface area contributed by atoms with Crippen LogP contribution in [-0.4, -0.2) is 12.1 Å². The summed E-state index contributed by atoms with van der Waals surface area (Å²) >= 11 is 5.57. The zero-order chi connectivity index (χ0) is 8.27. The molecule has 1 aromatic rings. The third kappa shape index (κ3) is 1.82. The molecule has 0 radical (unpaired) electrons. The van der Waals surface area contributed by atoms with Gasteiger partial charge >= 0.3 is 0 Å². The van der Waals surface area contributed by atoms with Crippen LogP contribution in [0.1, 0.15) is 5.69 Å². The minimum Gasteiger partial charge on any atom is -0.497 e. The Bertz CT molecular complexity index is 306. The Balaban J connectivity index is 3.15. The lowest BCUT2D eigenvalue weighted by Crippen LogP contribution is -1.87. The molecular weight excluding hydrogens is 164 g/mol. The Kier molecular flexibility index (Phi) is 2.29. The molecule has 0 aliphatic rings. The molecule has 1 heterocycles. The second kappa shape index (κ2) is 3.22. The summed E-state index contributed by atoms with van der Waals surface area (Å²) in [6.07, 6.45) is 0. The molecule has 1 rings (SSSR count). The lowest BCUT2D eigenvalue weighted by molar-refractivity contribution is 0.414. The van der Waals surface area contributed by atoms with Crippen molar-refractivity contribution in [2.75, 3.05) is 7.11 Å². The fourth-order valence-corrected chi connectivity index (χ4v) is 0.847. The number of pyridine rings is 1. The van der Waals surface area contributed by atoms with Gasteiger partial charge in [-0.15, -0.1) is 0 Å². The molecule has 0 aliphatic carbocycles. The standard InChI is InChI=1S/C7H5ClN2O/c1-11-6-2-5(4-9)10-7(8)3-6/h2-3H,1H3. The third-order valence-corrected chi connectivity index (χ3v) is 1.31. The van der Waals surface area contributed by atoms with E-state index >= 15 is 0 Å². The van der Waals surface area contributed by atoms with Crippen molar-refractivity contribution in [3.8, 4) is 11.8 Å². The van der Waals surface area contributed by atoms with Crippen LogP contribution in [-0.2, 0) is 0 Å². The van der Waals surface area contributed by atoms with Gasteiger partial charge in [-0.2, -0.15) is 5.26 Å². The number of methoxy groups -OCH3 is 1. The molecule has 3 nitrogen and oxygen atoms in total. The average Bonchev–Trinajstić information content (AvgIpc) is 2.03. The molecule has 0 spiro atoms. The van der Waals surface area contributed by atoms with E-state index < -0.39 is 0 Å². The van der Waals surface area contributed by atoms with E-state index in [-0.39, 0.29) is 10.8 Å². The second-order valence-electron chi connectivity index (χ2n) is 1.83. The van der Waals surface area contributed by atoms with Crippen molar-refractivity contribution >= 4 is 11.6 Å². The highest BCUT2D eigenvalue weighted by Gasteiger charge is 1.98. The fraction of sp³-hybridized carbons (Fsp3) is 0.143. The van der Waals surface area contributed by atoms with Gasteiger partial charge in [0.1, 0.15) is 22.7 Å². The molecule has 0 bridgehead atoms. The molecule has 0 fully saturated rings. The topological polar surface area (TPSA) is 45.9 Å². The molecular formula is C7H5ClN2O. The van der Waals surface area contributed by atoms with Crippen molar-refractivity contribution in [1.82, 2.24) is 4.98 Å². The number of nitriles is 1. The first-order valence-electron chi connectivity index (χ1n) is 2.88. The molecule has 0 unspecified atom stereocenters. The SMILES string of the molecule is COc1cc(Cl)nc(C#N)c1. The van der Waals surface area contributed by atoms with Crippen LogP contribution in [0, 0.1) is 11.3 Å². The molecule has 0 saturated heterocycles. The van der Waals surface area contributed by atoms with Gasteiger partial charge in [-0.1, -0.05) is 11.6 Å². The van der Waals surface area contributed by atoms with Crippen molar-refractivity contribution in [2.24, 2.45) is 0 Å². The van der Waals surface area contributed by atoms with Gasteiger partial charge in [0.05, 0.1) is 7.11 Å². The minimum absolute atomic E-state index is 0.259. The van der Waals surface area contributed by atoms with Crippen LogP contribution in [0.2, 0.25) is 5.15 Å². The molecule has 0 saturated carbocycles. The molecule has 0 N–H and O–H groups in total. The predicted octanol–water partition coefficient (Wildman–Crippen LogP) is 1.62. The van der Waals surface area contributed by atoms with Gasteiger partial charge in [-0.3, -0.25) is 0 Å². The summed E-state index contributed by atoms with van der Waals surface area (Å²) in [7, 11) is 1.51. The predicted molar refractivity (Wildman–Crippen MR) is 40.5 cm³/mol. The van der Waals surface area contributed by atoms with Crippen LogP contribution in [0.15, 0.2) is 12.1 Å². The molecule has 11 heavy (non-hydrogen) atoms. The number of hydrogen-bond acceptors (Lipinski definition) is 3. The summed E-state index contributed by atoms with van der Waals surface area (Å²) in [5.74, 6) is 0.543. The average molecular weight is 169 g/mol. The largest absolute Gasteiger partial charge is 0.497 e. The van der Waals surface area contributed by atoms with E-state index in [2.05, 4.69) is 4.98 Å². The van der Waals surface area contributed by atoms with Crippen LogP contribution in [0.25, 0.3) is 0 Å². The highest BCUT2D eigenvalue weighted by molar-refractivity contribution is 6.29. The maximum atomic E-state index is 8.46. The number of aromatic nitrogens is 1. The van der Waals surface area contributed by atoms with Crippen LogP contribution in [0.3, 0.4) is 0 Å². The van der Waals surface area contributed by atoms with Gasteiger partial charge < -0.3 is 4.74 Å².